The van der Waals surface area contributed by atoms with Gasteiger partial charge in [-0.2, -0.15) is 13.2 Å². The van der Waals surface area contributed by atoms with E-state index in [0.29, 0.717) is 10.9 Å². The highest BCUT2D eigenvalue weighted by Crippen LogP contribution is 2.38. The fraction of sp³-hybridized carbons (Fsp3) is 0.286. The minimum atomic E-state index is -4.54. The molecule has 0 aliphatic heterocycles. The normalized spacial score (nSPS) is 13.6. The topological polar surface area (TPSA) is 88.5 Å². The summed E-state index contributed by atoms with van der Waals surface area (Å²) in [5, 5.41) is 12.6. The van der Waals surface area contributed by atoms with Crippen molar-refractivity contribution in [1.82, 2.24) is 10.3 Å². The Hall–Kier alpha value is -3.14. The lowest BCUT2D eigenvalue weighted by atomic mass is 9.99. The molecule has 0 aliphatic rings. The van der Waals surface area contributed by atoms with Gasteiger partial charge in [-0.1, -0.05) is 25.1 Å². The standard InChI is InChI=1S/C21H19F3N2O4S/c1-3-20(2,19(28)29)26-18(27)17-16(13-6-4-5-7-14(13)31-17)30-11-12-8-9-15(25-10-12)21(22,23)24/h4-10H,3,11H2,1-2H3,(H,26,27)(H,28,29). The van der Waals surface area contributed by atoms with Gasteiger partial charge in [0, 0.05) is 21.8 Å². The number of nitrogens with zero attached hydrogens (tertiary/aromatic N) is 1. The number of carboxylic acids is 1. The van der Waals surface area contributed by atoms with Crippen LogP contribution in [-0.2, 0) is 17.6 Å². The van der Waals surface area contributed by atoms with E-state index in [9.17, 15) is 27.9 Å². The number of pyridine rings is 1. The van der Waals surface area contributed by atoms with Gasteiger partial charge in [0.1, 0.15) is 22.7 Å². The molecule has 2 N–H and O–H groups in total. The fourth-order valence-electron chi connectivity index (χ4n) is 2.75. The van der Waals surface area contributed by atoms with E-state index in [1.54, 1.807) is 31.2 Å². The molecule has 0 bridgehead atoms. The predicted molar refractivity (Wildman–Crippen MR) is 109 cm³/mol. The van der Waals surface area contributed by atoms with Gasteiger partial charge in [0.15, 0.2) is 5.75 Å². The van der Waals surface area contributed by atoms with Gasteiger partial charge in [-0.25, -0.2) is 4.79 Å². The summed E-state index contributed by atoms with van der Waals surface area (Å²) in [7, 11) is 0. The van der Waals surface area contributed by atoms with Crippen LogP contribution in [-0.4, -0.2) is 27.5 Å². The van der Waals surface area contributed by atoms with E-state index in [4.69, 9.17) is 4.74 Å². The highest BCUT2D eigenvalue weighted by Gasteiger charge is 2.35. The Morgan fingerprint density at radius 1 is 1.19 bits per heavy atom. The smallest absolute Gasteiger partial charge is 0.433 e. The molecule has 164 valence electrons. The van der Waals surface area contributed by atoms with Crippen molar-refractivity contribution in [3.63, 3.8) is 0 Å². The molecule has 1 aromatic carbocycles. The van der Waals surface area contributed by atoms with Crippen molar-refractivity contribution < 1.29 is 32.6 Å². The number of nitrogens with one attached hydrogen (secondary N) is 1. The first-order chi connectivity index (χ1) is 14.5. The largest absolute Gasteiger partial charge is 0.486 e. The quantitative estimate of drug-likeness (QED) is 0.534. The lowest BCUT2D eigenvalue weighted by Gasteiger charge is -2.24. The number of thiophene rings is 1. The number of fused-ring (bicyclic) bond motifs is 1. The number of halogens is 3. The average Bonchev–Trinajstić information content (AvgIpc) is 3.10. The van der Waals surface area contributed by atoms with E-state index >= 15 is 0 Å². The van der Waals surface area contributed by atoms with Crippen LogP contribution in [0.4, 0.5) is 13.2 Å². The number of hydrogen-bond acceptors (Lipinski definition) is 5. The van der Waals surface area contributed by atoms with Crippen LogP contribution < -0.4 is 10.1 Å². The molecule has 0 fully saturated rings. The fourth-order valence-corrected chi connectivity index (χ4v) is 3.79. The zero-order valence-electron chi connectivity index (χ0n) is 16.6. The summed E-state index contributed by atoms with van der Waals surface area (Å²) in [5.74, 6) is -1.53. The molecule has 1 atom stereocenters. The number of aliphatic carboxylic acids is 1. The number of hydrogen-bond donors (Lipinski definition) is 2. The number of alkyl halides is 3. The van der Waals surface area contributed by atoms with Crippen LogP contribution in [0.15, 0.2) is 42.6 Å². The Kier molecular flexibility index (Phi) is 6.21. The van der Waals surface area contributed by atoms with Crippen LogP contribution in [0.1, 0.15) is 41.2 Å². The van der Waals surface area contributed by atoms with Crippen molar-refractivity contribution in [3.8, 4) is 5.75 Å². The second-order valence-corrected chi connectivity index (χ2v) is 8.09. The molecule has 6 nitrogen and oxygen atoms in total. The molecule has 2 aromatic heterocycles. The molecule has 1 amide bonds. The Bertz CT molecular complexity index is 1110. The van der Waals surface area contributed by atoms with Gasteiger partial charge < -0.3 is 15.2 Å². The number of rotatable bonds is 7. The van der Waals surface area contributed by atoms with Crippen molar-refractivity contribution in [2.45, 2.75) is 38.6 Å². The molecule has 2 heterocycles. The van der Waals surface area contributed by atoms with Gasteiger partial charge in [0.2, 0.25) is 0 Å². The molecule has 0 radical (unpaired) electrons. The van der Waals surface area contributed by atoms with Crippen molar-refractivity contribution >= 4 is 33.3 Å². The van der Waals surface area contributed by atoms with Crippen LogP contribution in [0.3, 0.4) is 0 Å². The van der Waals surface area contributed by atoms with Crippen LogP contribution in [0.2, 0.25) is 0 Å². The molecule has 3 rings (SSSR count). The van der Waals surface area contributed by atoms with E-state index in [1.165, 1.54) is 13.0 Å². The molecule has 0 spiro atoms. The average molecular weight is 452 g/mol. The molecule has 0 saturated heterocycles. The lowest BCUT2D eigenvalue weighted by molar-refractivity contribution is -0.144. The van der Waals surface area contributed by atoms with Crippen LogP contribution in [0.25, 0.3) is 10.1 Å². The zero-order valence-corrected chi connectivity index (χ0v) is 17.4. The number of carbonyl (C=O) groups excluding carboxylic acids is 1. The molecule has 0 aliphatic carbocycles. The summed E-state index contributed by atoms with van der Waals surface area (Å²) < 4.78 is 44.6. The van der Waals surface area contributed by atoms with Crippen molar-refractivity contribution in [2.75, 3.05) is 0 Å². The minimum Gasteiger partial charge on any atom is -0.486 e. The van der Waals surface area contributed by atoms with Crippen molar-refractivity contribution in [1.29, 1.82) is 0 Å². The Morgan fingerprint density at radius 3 is 2.48 bits per heavy atom. The second-order valence-electron chi connectivity index (χ2n) is 7.04. The van der Waals surface area contributed by atoms with Gasteiger partial charge in [-0.15, -0.1) is 11.3 Å². The van der Waals surface area contributed by atoms with E-state index in [2.05, 4.69) is 10.3 Å². The number of carbonyl (C=O) groups is 2. The van der Waals surface area contributed by atoms with Gasteiger partial charge in [-0.05, 0) is 31.5 Å². The lowest BCUT2D eigenvalue weighted by Crippen LogP contribution is -2.51. The molecule has 10 heteroatoms. The summed E-state index contributed by atoms with van der Waals surface area (Å²) in [4.78, 5) is 28.0. The summed E-state index contributed by atoms with van der Waals surface area (Å²) in [5.41, 5.74) is -2.08. The van der Waals surface area contributed by atoms with Gasteiger partial charge >= 0.3 is 12.1 Å². The second kappa shape index (κ2) is 8.54. The van der Waals surface area contributed by atoms with E-state index < -0.39 is 29.3 Å². The maximum atomic E-state index is 12.9. The summed E-state index contributed by atoms with van der Waals surface area (Å²) in [6.07, 6.45) is -3.30. The summed E-state index contributed by atoms with van der Waals surface area (Å²) in [6.45, 7) is 2.94. The van der Waals surface area contributed by atoms with E-state index in [0.717, 1.165) is 28.3 Å². The molecule has 0 saturated carbocycles. The Labute approximate surface area is 179 Å². The summed E-state index contributed by atoms with van der Waals surface area (Å²) >= 11 is 1.14. The van der Waals surface area contributed by atoms with Crippen molar-refractivity contribution in [3.05, 3.63) is 58.7 Å². The molecular weight excluding hydrogens is 433 g/mol. The molecule has 31 heavy (non-hydrogen) atoms. The number of benzene rings is 1. The third-order valence-corrected chi connectivity index (χ3v) is 5.97. The molecule has 3 aromatic rings. The predicted octanol–water partition coefficient (Wildman–Crippen LogP) is 4.88. The first-order valence-corrected chi connectivity index (χ1v) is 10.1. The van der Waals surface area contributed by atoms with Gasteiger partial charge in [-0.3, -0.25) is 9.78 Å². The highest BCUT2D eigenvalue weighted by atomic mass is 32.1. The Morgan fingerprint density at radius 2 is 1.90 bits per heavy atom. The molecule has 1 unspecified atom stereocenters. The van der Waals surface area contributed by atoms with Gasteiger partial charge in [0.25, 0.3) is 5.91 Å². The first kappa shape index (κ1) is 22.5. The number of aromatic nitrogens is 1. The van der Waals surface area contributed by atoms with Crippen LogP contribution in [0.5, 0.6) is 5.75 Å². The maximum absolute atomic E-state index is 12.9. The van der Waals surface area contributed by atoms with E-state index in [-0.39, 0.29) is 23.7 Å². The molecular formula is C21H19F3N2O4S. The minimum absolute atomic E-state index is 0.115. The number of amides is 1. The third kappa shape index (κ3) is 4.79. The van der Waals surface area contributed by atoms with E-state index in [1.807, 2.05) is 0 Å². The zero-order chi connectivity index (χ0) is 22.8. The first-order valence-electron chi connectivity index (χ1n) is 9.27. The number of ether oxygens (including phenoxy) is 1. The number of carboxylic acid groups (broad SMARTS) is 1. The summed E-state index contributed by atoms with van der Waals surface area (Å²) in [6, 6.07) is 9.20. The van der Waals surface area contributed by atoms with Crippen molar-refractivity contribution in [2.24, 2.45) is 0 Å². The SMILES string of the molecule is CCC(C)(NC(=O)c1sc2ccccc2c1OCc1ccc(C(F)(F)F)nc1)C(=O)O. The Balaban J connectivity index is 1.89. The monoisotopic (exact) mass is 452 g/mol. The van der Waals surface area contributed by atoms with Crippen LogP contribution in [0, 0.1) is 0 Å². The maximum Gasteiger partial charge on any atom is 0.433 e. The third-order valence-electron chi connectivity index (χ3n) is 4.82. The highest BCUT2D eigenvalue weighted by molar-refractivity contribution is 7.21. The van der Waals surface area contributed by atoms with Gasteiger partial charge in [0.05, 0.1) is 0 Å². The van der Waals surface area contributed by atoms with Crippen LogP contribution >= 0.6 is 11.3 Å².